The molecular weight excluding hydrogens is 200 g/mol. The summed E-state index contributed by atoms with van der Waals surface area (Å²) in [5, 5.41) is 19.0. The van der Waals surface area contributed by atoms with Crippen molar-refractivity contribution < 1.29 is 10.2 Å². The number of hydrogen-bond donors (Lipinski definition) is 2. The van der Waals surface area contributed by atoms with Gasteiger partial charge in [0.15, 0.2) is 0 Å². The number of aliphatic hydroxyl groups excluding tert-OH is 2. The maximum Gasteiger partial charge on any atom is 0.0486 e. The van der Waals surface area contributed by atoms with Crippen molar-refractivity contribution in [3.63, 3.8) is 0 Å². The van der Waals surface area contributed by atoms with E-state index in [9.17, 15) is 10.2 Å². The SMILES string of the molecule is CC1(C(CO)CO)C2CC3CC(C2)CC1C3. The van der Waals surface area contributed by atoms with E-state index in [1.165, 1.54) is 32.1 Å². The highest BCUT2D eigenvalue weighted by atomic mass is 16.3. The lowest BCUT2D eigenvalue weighted by Crippen LogP contribution is -2.56. The Morgan fingerprint density at radius 2 is 1.38 bits per heavy atom. The van der Waals surface area contributed by atoms with Crippen LogP contribution < -0.4 is 0 Å². The average Bonchev–Trinajstić information content (AvgIpc) is 2.26. The number of rotatable bonds is 3. The largest absolute Gasteiger partial charge is 0.396 e. The standard InChI is InChI=1S/C14H24O2/c1-14(13(7-15)8-16)11-3-9-2-10(5-11)6-12(14)4-9/h9-13,15-16H,2-8H2,1H3. The van der Waals surface area contributed by atoms with Gasteiger partial charge in [-0.2, -0.15) is 0 Å². The normalized spacial score (nSPS) is 50.2. The highest BCUT2D eigenvalue weighted by Gasteiger charge is 2.57. The van der Waals surface area contributed by atoms with Crippen molar-refractivity contribution in [1.82, 2.24) is 0 Å². The zero-order valence-electron chi connectivity index (χ0n) is 10.2. The zero-order valence-corrected chi connectivity index (χ0v) is 10.2. The molecule has 0 saturated heterocycles. The van der Waals surface area contributed by atoms with E-state index in [-0.39, 0.29) is 24.5 Å². The molecule has 0 heterocycles. The fourth-order valence-corrected chi connectivity index (χ4v) is 5.32. The van der Waals surface area contributed by atoms with Gasteiger partial charge >= 0.3 is 0 Å². The Labute approximate surface area is 98.1 Å². The summed E-state index contributed by atoms with van der Waals surface area (Å²) in [6.07, 6.45) is 6.91. The molecule has 4 aliphatic carbocycles. The zero-order chi connectivity index (χ0) is 11.3. The Balaban J connectivity index is 1.89. The van der Waals surface area contributed by atoms with Crippen molar-refractivity contribution in [1.29, 1.82) is 0 Å². The van der Waals surface area contributed by atoms with E-state index in [2.05, 4.69) is 6.92 Å². The van der Waals surface area contributed by atoms with Crippen LogP contribution in [0.5, 0.6) is 0 Å². The van der Waals surface area contributed by atoms with Crippen LogP contribution in [0.25, 0.3) is 0 Å². The molecule has 0 aliphatic heterocycles. The van der Waals surface area contributed by atoms with Crippen molar-refractivity contribution >= 4 is 0 Å². The Morgan fingerprint density at radius 1 is 0.938 bits per heavy atom. The topological polar surface area (TPSA) is 40.5 Å². The second-order valence-corrected chi connectivity index (χ2v) is 6.73. The second kappa shape index (κ2) is 3.71. The van der Waals surface area contributed by atoms with E-state index in [0.29, 0.717) is 0 Å². The molecule has 0 radical (unpaired) electrons. The molecule has 4 saturated carbocycles. The first kappa shape index (κ1) is 11.0. The van der Waals surface area contributed by atoms with Crippen LogP contribution in [0.1, 0.15) is 39.0 Å². The molecule has 0 spiro atoms. The fraction of sp³-hybridized carbons (Fsp3) is 1.00. The minimum Gasteiger partial charge on any atom is -0.396 e. The molecule has 2 nitrogen and oxygen atoms in total. The third-order valence-corrected chi connectivity index (χ3v) is 6.22. The minimum absolute atomic E-state index is 0.113. The van der Waals surface area contributed by atoms with Gasteiger partial charge in [0, 0.05) is 19.1 Å². The van der Waals surface area contributed by atoms with Crippen LogP contribution in [0.3, 0.4) is 0 Å². The highest BCUT2D eigenvalue weighted by molar-refractivity contribution is 5.06. The van der Waals surface area contributed by atoms with E-state index < -0.39 is 0 Å². The molecule has 0 unspecified atom stereocenters. The summed E-state index contributed by atoms with van der Waals surface area (Å²) in [5.41, 5.74) is 0.219. The third kappa shape index (κ3) is 1.32. The maximum absolute atomic E-state index is 9.52. The van der Waals surface area contributed by atoms with E-state index in [1.807, 2.05) is 0 Å². The van der Waals surface area contributed by atoms with Gasteiger partial charge in [0.2, 0.25) is 0 Å². The first-order chi connectivity index (χ1) is 7.68. The molecule has 4 aliphatic rings. The van der Waals surface area contributed by atoms with Gasteiger partial charge in [-0.25, -0.2) is 0 Å². The fourth-order valence-electron chi connectivity index (χ4n) is 5.32. The molecule has 0 amide bonds. The van der Waals surface area contributed by atoms with Gasteiger partial charge in [0.1, 0.15) is 0 Å². The second-order valence-electron chi connectivity index (χ2n) is 6.73. The van der Waals surface area contributed by atoms with Gasteiger partial charge in [-0.05, 0) is 61.2 Å². The number of hydrogen-bond acceptors (Lipinski definition) is 2. The summed E-state index contributed by atoms with van der Waals surface area (Å²) in [6.45, 7) is 2.67. The summed E-state index contributed by atoms with van der Waals surface area (Å²) in [5.74, 6) is 3.59. The van der Waals surface area contributed by atoms with Crippen molar-refractivity contribution in [2.45, 2.75) is 39.0 Å². The Hall–Kier alpha value is -0.0800. The van der Waals surface area contributed by atoms with Crippen LogP contribution in [0.2, 0.25) is 0 Å². The Morgan fingerprint density at radius 3 is 1.75 bits per heavy atom. The summed E-state index contributed by atoms with van der Waals surface area (Å²) >= 11 is 0. The molecule has 0 aromatic carbocycles. The van der Waals surface area contributed by atoms with Gasteiger partial charge in [-0.15, -0.1) is 0 Å². The van der Waals surface area contributed by atoms with Crippen LogP contribution in [0, 0.1) is 35.0 Å². The molecule has 2 heteroatoms. The molecular formula is C14H24O2. The molecule has 4 fully saturated rings. The molecule has 16 heavy (non-hydrogen) atoms. The summed E-state index contributed by atoms with van der Waals surface area (Å²) in [7, 11) is 0. The van der Waals surface area contributed by atoms with Crippen LogP contribution in [-0.4, -0.2) is 23.4 Å². The molecule has 0 aromatic heterocycles. The lowest BCUT2D eigenvalue weighted by molar-refractivity contribution is -0.147. The van der Waals surface area contributed by atoms with Crippen molar-refractivity contribution in [2.24, 2.45) is 35.0 Å². The molecule has 0 aromatic rings. The van der Waals surface area contributed by atoms with Crippen molar-refractivity contribution in [3.05, 3.63) is 0 Å². The molecule has 2 N–H and O–H groups in total. The van der Waals surface area contributed by atoms with Crippen LogP contribution >= 0.6 is 0 Å². The highest BCUT2D eigenvalue weighted by Crippen LogP contribution is 2.64. The number of aliphatic hydroxyl groups is 2. The first-order valence-electron chi connectivity index (χ1n) is 6.90. The smallest absolute Gasteiger partial charge is 0.0486 e. The average molecular weight is 224 g/mol. The molecule has 0 atom stereocenters. The molecule has 4 rings (SSSR count). The van der Waals surface area contributed by atoms with Gasteiger partial charge in [0.05, 0.1) is 0 Å². The summed E-state index contributed by atoms with van der Waals surface area (Å²) in [4.78, 5) is 0. The van der Waals surface area contributed by atoms with Crippen molar-refractivity contribution in [3.8, 4) is 0 Å². The Kier molecular flexibility index (Phi) is 2.56. The lowest BCUT2D eigenvalue weighted by atomic mass is 9.43. The van der Waals surface area contributed by atoms with Gasteiger partial charge < -0.3 is 10.2 Å². The summed E-state index contributed by atoms with van der Waals surface area (Å²) in [6, 6.07) is 0. The van der Waals surface area contributed by atoms with Crippen LogP contribution in [-0.2, 0) is 0 Å². The molecule has 4 bridgehead atoms. The van der Waals surface area contributed by atoms with Crippen LogP contribution in [0.15, 0.2) is 0 Å². The monoisotopic (exact) mass is 224 g/mol. The maximum atomic E-state index is 9.52. The van der Waals surface area contributed by atoms with E-state index in [4.69, 9.17) is 0 Å². The molecule has 92 valence electrons. The van der Waals surface area contributed by atoms with Crippen LogP contribution in [0.4, 0.5) is 0 Å². The van der Waals surface area contributed by atoms with Gasteiger partial charge in [0.25, 0.3) is 0 Å². The van der Waals surface area contributed by atoms with Crippen molar-refractivity contribution in [2.75, 3.05) is 13.2 Å². The predicted molar refractivity (Wildman–Crippen MR) is 62.8 cm³/mol. The van der Waals surface area contributed by atoms with E-state index in [1.54, 1.807) is 0 Å². The van der Waals surface area contributed by atoms with Gasteiger partial charge in [-0.3, -0.25) is 0 Å². The Bertz CT molecular complexity index is 242. The quantitative estimate of drug-likeness (QED) is 0.770. The van der Waals surface area contributed by atoms with E-state index in [0.717, 1.165) is 23.7 Å². The first-order valence-corrected chi connectivity index (χ1v) is 6.90. The van der Waals surface area contributed by atoms with E-state index >= 15 is 0 Å². The predicted octanol–water partition coefficient (Wildman–Crippen LogP) is 2.05. The lowest BCUT2D eigenvalue weighted by Gasteiger charge is -2.62. The summed E-state index contributed by atoms with van der Waals surface area (Å²) < 4.78 is 0. The minimum atomic E-state index is 0.113. The van der Waals surface area contributed by atoms with Gasteiger partial charge in [-0.1, -0.05) is 6.92 Å². The third-order valence-electron chi connectivity index (χ3n) is 6.22.